The number of nitrogens with one attached hydrogen (secondary N) is 1. The second-order valence-electron chi connectivity index (χ2n) is 6.80. The van der Waals surface area contributed by atoms with E-state index in [4.69, 9.17) is 0 Å². The fourth-order valence-corrected chi connectivity index (χ4v) is 3.37. The molecule has 0 atom stereocenters. The van der Waals surface area contributed by atoms with Crippen LogP contribution in [0, 0.1) is 0 Å². The number of piperidine rings is 1. The van der Waals surface area contributed by atoms with Gasteiger partial charge in [-0.05, 0) is 49.6 Å². The van der Waals surface area contributed by atoms with Gasteiger partial charge >= 0.3 is 0 Å². The molecule has 0 radical (unpaired) electrons. The van der Waals surface area contributed by atoms with E-state index in [-0.39, 0.29) is 11.8 Å². The molecule has 2 aromatic carbocycles. The first-order valence-corrected chi connectivity index (χ1v) is 9.63. The third kappa shape index (κ3) is 5.09. The van der Waals surface area contributed by atoms with Gasteiger partial charge in [-0.1, -0.05) is 30.3 Å². The molecule has 1 aliphatic heterocycles. The highest BCUT2D eigenvalue weighted by Crippen LogP contribution is 2.22. The summed E-state index contributed by atoms with van der Waals surface area (Å²) in [6.07, 6.45) is 2.63. The normalized spacial score (nSPS) is 14.1. The van der Waals surface area contributed by atoms with Crippen LogP contribution in [0.2, 0.25) is 0 Å². The number of likely N-dealkylation sites (N-methyl/N-ethyl adjacent to an activating group) is 1. The summed E-state index contributed by atoms with van der Waals surface area (Å²) in [6, 6.07) is 17.8. The fraction of sp³-hybridized carbons (Fsp3) is 0.364. The molecular weight excluding hydrogens is 338 g/mol. The Hall–Kier alpha value is -2.82. The van der Waals surface area contributed by atoms with Crippen LogP contribution in [0.4, 0.5) is 11.4 Å². The Morgan fingerprint density at radius 3 is 2.67 bits per heavy atom. The van der Waals surface area contributed by atoms with Crippen LogP contribution in [0.3, 0.4) is 0 Å². The SMILES string of the molecule is CCN(CC(=O)NCc1cccc(N2CCCCC2=O)c1)c1ccccc1. The minimum atomic E-state index is -0.0137. The molecule has 0 spiro atoms. The molecule has 1 N–H and O–H groups in total. The summed E-state index contributed by atoms with van der Waals surface area (Å²) in [5.41, 5.74) is 2.97. The molecule has 3 rings (SSSR count). The molecule has 0 bridgehead atoms. The lowest BCUT2D eigenvalue weighted by atomic mass is 10.1. The Balaban J connectivity index is 1.57. The van der Waals surface area contributed by atoms with E-state index < -0.39 is 0 Å². The van der Waals surface area contributed by atoms with Gasteiger partial charge < -0.3 is 15.1 Å². The minimum Gasteiger partial charge on any atom is -0.363 e. The molecular formula is C22H27N3O2. The van der Waals surface area contributed by atoms with E-state index in [1.54, 1.807) is 0 Å². The van der Waals surface area contributed by atoms with Gasteiger partial charge in [-0.25, -0.2) is 0 Å². The molecule has 1 saturated heterocycles. The highest BCUT2D eigenvalue weighted by atomic mass is 16.2. The van der Waals surface area contributed by atoms with Crippen molar-refractivity contribution in [2.45, 2.75) is 32.7 Å². The van der Waals surface area contributed by atoms with Gasteiger partial charge in [0.15, 0.2) is 0 Å². The van der Waals surface area contributed by atoms with Crippen molar-refractivity contribution >= 4 is 23.2 Å². The summed E-state index contributed by atoms with van der Waals surface area (Å²) in [4.78, 5) is 28.4. The Morgan fingerprint density at radius 1 is 1.11 bits per heavy atom. The van der Waals surface area contributed by atoms with Gasteiger partial charge in [-0.15, -0.1) is 0 Å². The molecule has 0 aromatic heterocycles. The number of hydrogen-bond acceptors (Lipinski definition) is 3. The second-order valence-corrected chi connectivity index (χ2v) is 6.80. The van der Waals surface area contributed by atoms with Crippen molar-refractivity contribution in [3.8, 4) is 0 Å². The Morgan fingerprint density at radius 2 is 1.93 bits per heavy atom. The Labute approximate surface area is 161 Å². The molecule has 5 nitrogen and oxygen atoms in total. The molecule has 27 heavy (non-hydrogen) atoms. The summed E-state index contributed by atoms with van der Waals surface area (Å²) >= 11 is 0. The van der Waals surface area contributed by atoms with E-state index in [2.05, 4.69) is 5.32 Å². The first-order valence-electron chi connectivity index (χ1n) is 9.63. The number of carbonyl (C=O) groups excluding carboxylic acids is 2. The molecule has 142 valence electrons. The summed E-state index contributed by atoms with van der Waals surface area (Å²) < 4.78 is 0. The van der Waals surface area contributed by atoms with E-state index in [1.165, 1.54) is 0 Å². The predicted molar refractivity (Wildman–Crippen MR) is 109 cm³/mol. The summed E-state index contributed by atoms with van der Waals surface area (Å²) in [5.74, 6) is 0.170. The van der Waals surface area contributed by atoms with Gasteiger partial charge in [0.25, 0.3) is 0 Å². The monoisotopic (exact) mass is 365 g/mol. The summed E-state index contributed by atoms with van der Waals surface area (Å²) in [7, 11) is 0. The van der Waals surface area contributed by atoms with Crippen LogP contribution in [-0.2, 0) is 16.1 Å². The molecule has 0 unspecified atom stereocenters. The Bertz CT molecular complexity index is 776. The number of benzene rings is 2. The molecule has 5 heteroatoms. The maximum atomic E-state index is 12.4. The maximum absolute atomic E-state index is 12.4. The second kappa shape index (κ2) is 9.21. The fourth-order valence-electron chi connectivity index (χ4n) is 3.37. The highest BCUT2D eigenvalue weighted by molar-refractivity contribution is 5.94. The zero-order valence-electron chi connectivity index (χ0n) is 15.9. The van der Waals surface area contributed by atoms with Gasteiger partial charge in [0, 0.05) is 37.4 Å². The topological polar surface area (TPSA) is 52.7 Å². The van der Waals surface area contributed by atoms with Gasteiger partial charge in [0.05, 0.1) is 6.54 Å². The molecule has 1 aliphatic rings. The Kier molecular flexibility index (Phi) is 6.47. The van der Waals surface area contributed by atoms with Crippen LogP contribution >= 0.6 is 0 Å². The minimum absolute atomic E-state index is 0.0137. The standard InChI is InChI=1S/C22H27N3O2/c1-2-24(19-10-4-3-5-11-19)17-21(26)23-16-18-9-8-12-20(15-18)25-14-7-6-13-22(25)27/h3-5,8-12,15H,2,6-7,13-14,16-17H2,1H3,(H,23,26). The number of para-hydroxylation sites is 1. The molecule has 0 saturated carbocycles. The molecule has 2 aromatic rings. The number of nitrogens with zero attached hydrogens (tertiary/aromatic N) is 2. The van der Waals surface area contributed by atoms with Crippen molar-refractivity contribution in [3.05, 3.63) is 60.2 Å². The van der Waals surface area contributed by atoms with E-state index in [0.29, 0.717) is 19.5 Å². The van der Waals surface area contributed by atoms with E-state index >= 15 is 0 Å². The first-order chi connectivity index (χ1) is 13.2. The zero-order chi connectivity index (χ0) is 19.1. The van der Waals surface area contributed by atoms with Crippen LogP contribution in [0.5, 0.6) is 0 Å². The average molecular weight is 365 g/mol. The quantitative estimate of drug-likeness (QED) is 0.819. The predicted octanol–water partition coefficient (Wildman–Crippen LogP) is 3.35. The zero-order valence-corrected chi connectivity index (χ0v) is 15.9. The van der Waals surface area contributed by atoms with Gasteiger partial charge in [-0.3, -0.25) is 9.59 Å². The summed E-state index contributed by atoms with van der Waals surface area (Å²) in [5, 5.41) is 2.99. The third-order valence-corrected chi connectivity index (χ3v) is 4.87. The van der Waals surface area contributed by atoms with Crippen molar-refractivity contribution in [2.24, 2.45) is 0 Å². The van der Waals surface area contributed by atoms with Crippen LogP contribution in [0.1, 0.15) is 31.7 Å². The smallest absolute Gasteiger partial charge is 0.239 e. The first kappa shape index (κ1) is 19.0. The van der Waals surface area contributed by atoms with Crippen LogP contribution in [0.25, 0.3) is 0 Å². The third-order valence-electron chi connectivity index (χ3n) is 4.87. The van der Waals surface area contributed by atoms with Crippen molar-refractivity contribution in [2.75, 3.05) is 29.4 Å². The number of anilines is 2. The maximum Gasteiger partial charge on any atom is 0.239 e. The lowest BCUT2D eigenvalue weighted by Gasteiger charge is -2.27. The number of carbonyl (C=O) groups is 2. The van der Waals surface area contributed by atoms with Crippen LogP contribution < -0.4 is 15.1 Å². The van der Waals surface area contributed by atoms with Gasteiger partial charge in [0.2, 0.25) is 11.8 Å². The largest absolute Gasteiger partial charge is 0.363 e. The van der Waals surface area contributed by atoms with Crippen molar-refractivity contribution in [1.82, 2.24) is 5.32 Å². The molecule has 1 fully saturated rings. The molecule has 2 amide bonds. The van der Waals surface area contributed by atoms with Crippen molar-refractivity contribution in [3.63, 3.8) is 0 Å². The number of amides is 2. The molecule has 0 aliphatic carbocycles. The van der Waals surface area contributed by atoms with Crippen LogP contribution in [-0.4, -0.2) is 31.4 Å². The lowest BCUT2D eigenvalue weighted by molar-refractivity contribution is -0.120. The average Bonchev–Trinajstić information content (AvgIpc) is 2.71. The van der Waals surface area contributed by atoms with Gasteiger partial charge in [-0.2, -0.15) is 0 Å². The highest BCUT2D eigenvalue weighted by Gasteiger charge is 2.19. The van der Waals surface area contributed by atoms with E-state index in [0.717, 1.165) is 42.9 Å². The van der Waals surface area contributed by atoms with E-state index in [1.807, 2.05) is 71.3 Å². The molecule has 1 heterocycles. The number of rotatable bonds is 7. The van der Waals surface area contributed by atoms with Crippen LogP contribution in [0.15, 0.2) is 54.6 Å². The number of hydrogen-bond donors (Lipinski definition) is 1. The van der Waals surface area contributed by atoms with Crippen molar-refractivity contribution < 1.29 is 9.59 Å². The summed E-state index contributed by atoms with van der Waals surface area (Å²) in [6.45, 7) is 4.37. The lowest BCUT2D eigenvalue weighted by Crippen LogP contribution is -2.37. The van der Waals surface area contributed by atoms with Crippen molar-refractivity contribution in [1.29, 1.82) is 0 Å². The van der Waals surface area contributed by atoms with E-state index in [9.17, 15) is 9.59 Å². The van der Waals surface area contributed by atoms with Gasteiger partial charge in [0.1, 0.15) is 0 Å².